The van der Waals surface area contributed by atoms with E-state index < -0.39 is 0 Å². The van der Waals surface area contributed by atoms with Crippen molar-refractivity contribution >= 4 is 12.6 Å². The van der Waals surface area contributed by atoms with Gasteiger partial charge >= 0.3 is 0 Å². The first kappa shape index (κ1) is 7.73. The molecule has 0 aromatic carbocycles. The fraction of sp³-hybridized carbons (Fsp3) is 1.00. The number of fused-ring (bicyclic) bond motifs is 5. The molecule has 3 saturated carbocycles. The summed E-state index contributed by atoms with van der Waals surface area (Å²) in [5, 5.41) is 0. The minimum atomic E-state index is 0.717. The van der Waals surface area contributed by atoms with Gasteiger partial charge in [-0.15, -0.1) is 0 Å². The second-order valence-electron chi connectivity index (χ2n) is 5.22. The van der Waals surface area contributed by atoms with Crippen LogP contribution in [0.4, 0.5) is 0 Å². The molecule has 3 aliphatic carbocycles. The van der Waals surface area contributed by atoms with E-state index in [0.29, 0.717) is 0 Å². The molecule has 4 unspecified atom stereocenters. The van der Waals surface area contributed by atoms with Crippen molar-refractivity contribution < 1.29 is 0 Å². The number of hydrogen-bond donors (Lipinski definition) is 1. The third-order valence-electron chi connectivity index (χ3n) is 4.96. The van der Waals surface area contributed by atoms with E-state index in [-0.39, 0.29) is 0 Å². The van der Waals surface area contributed by atoms with Crippen LogP contribution in [0.25, 0.3) is 0 Å². The van der Waals surface area contributed by atoms with E-state index in [4.69, 9.17) is 0 Å². The SMILES string of the molecule is SCC12CCC(C1)C1CCCC12. The third kappa shape index (κ3) is 0.767. The maximum atomic E-state index is 4.59. The summed E-state index contributed by atoms with van der Waals surface area (Å²) in [4.78, 5) is 0. The minimum Gasteiger partial charge on any atom is -0.179 e. The van der Waals surface area contributed by atoms with Gasteiger partial charge in [-0.3, -0.25) is 0 Å². The summed E-state index contributed by atoms with van der Waals surface area (Å²) >= 11 is 4.59. The van der Waals surface area contributed by atoms with Crippen molar-refractivity contribution in [3.8, 4) is 0 Å². The molecule has 0 aliphatic heterocycles. The van der Waals surface area contributed by atoms with Gasteiger partial charge in [-0.05, 0) is 61.0 Å². The molecule has 0 spiro atoms. The summed E-state index contributed by atoms with van der Waals surface area (Å²) in [6.07, 6.45) is 9.16. The average Bonchev–Trinajstić information content (AvgIpc) is 2.76. The second kappa shape index (κ2) is 2.43. The van der Waals surface area contributed by atoms with Crippen molar-refractivity contribution in [3.05, 3.63) is 0 Å². The lowest BCUT2D eigenvalue weighted by atomic mass is 9.73. The molecule has 0 aromatic heterocycles. The molecule has 3 fully saturated rings. The molecule has 0 amide bonds. The van der Waals surface area contributed by atoms with Crippen LogP contribution in [0.5, 0.6) is 0 Å². The lowest BCUT2D eigenvalue weighted by Crippen LogP contribution is -2.29. The molecule has 68 valence electrons. The van der Waals surface area contributed by atoms with Crippen molar-refractivity contribution in [3.63, 3.8) is 0 Å². The van der Waals surface area contributed by atoms with Gasteiger partial charge in [-0.2, -0.15) is 12.6 Å². The minimum absolute atomic E-state index is 0.717. The van der Waals surface area contributed by atoms with Gasteiger partial charge in [0.15, 0.2) is 0 Å². The molecule has 3 aliphatic rings. The quantitative estimate of drug-likeness (QED) is 0.592. The van der Waals surface area contributed by atoms with Crippen LogP contribution < -0.4 is 0 Å². The van der Waals surface area contributed by atoms with Crippen molar-refractivity contribution in [1.82, 2.24) is 0 Å². The molecule has 2 bridgehead atoms. The van der Waals surface area contributed by atoms with Gasteiger partial charge in [-0.25, -0.2) is 0 Å². The molecule has 0 nitrogen and oxygen atoms in total. The summed E-state index contributed by atoms with van der Waals surface area (Å²) < 4.78 is 0. The first-order chi connectivity index (χ1) is 5.86. The summed E-state index contributed by atoms with van der Waals surface area (Å²) in [6, 6.07) is 0. The second-order valence-corrected chi connectivity index (χ2v) is 5.54. The Hall–Kier alpha value is 0.350. The molecular weight excluding hydrogens is 164 g/mol. The summed E-state index contributed by atoms with van der Waals surface area (Å²) in [5.74, 6) is 4.51. The summed E-state index contributed by atoms with van der Waals surface area (Å²) in [6.45, 7) is 0. The van der Waals surface area contributed by atoms with Crippen molar-refractivity contribution in [1.29, 1.82) is 0 Å². The highest BCUT2D eigenvalue weighted by atomic mass is 32.1. The van der Waals surface area contributed by atoms with E-state index in [1.807, 2.05) is 0 Å². The average molecular weight is 182 g/mol. The summed E-state index contributed by atoms with van der Waals surface area (Å²) in [5.41, 5.74) is 0.717. The molecule has 0 heterocycles. The lowest BCUT2D eigenvalue weighted by molar-refractivity contribution is 0.179. The summed E-state index contributed by atoms with van der Waals surface area (Å²) in [7, 11) is 0. The Morgan fingerprint density at radius 3 is 3.00 bits per heavy atom. The zero-order valence-electron chi connectivity index (χ0n) is 7.63. The van der Waals surface area contributed by atoms with Gasteiger partial charge in [0.1, 0.15) is 0 Å². The van der Waals surface area contributed by atoms with Crippen LogP contribution in [0.15, 0.2) is 0 Å². The van der Waals surface area contributed by atoms with Crippen molar-refractivity contribution in [2.45, 2.75) is 38.5 Å². The van der Waals surface area contributed by atoms with E-state index in [9.17, 15) is 0 Å². The first-order valence-corrected chi connectivity index (χ1v) is 6.10. The van der Waals surface area contributed by atoms with Crippen LogP contribution in [0, 0.1) is 23.2 Å². The van der Waals surface area contributed by atoms with Crippen molar-refractivity contribution in [2.24, 2.45) is 23.2 Å². The van der Waals surface area contributed by atoms with E-state index in [2.05, 4.69) is 12.6 Å². The normalized spacial score (nSPS) is 56.2. The van der Waals surface area contributed by atoms with Crippen LogP contribution in [0.2, 0.25) is 0 Å². The zero-order chi connectivity index (χ0) is 8.18. The monoisotopic (exact) mass is 182 g/mol. The Morgan fingerprint density at radius 1 is 1.25 bits per heavy atom. The predicted molar refractivity (Wildman–Crippen MR) is 54.5 cm³/mol. The number of hydrogen-bond acceptors (Lipinski definition) is 1. The molecule has 1 heteroatoms. The van der Waals surface area contributed by atoms with Crippen LogP contribution in [-0.4, -0.2) is 5.75 Å². The molecule has 0 N–H and O–H groups in total. The van der Waals surface area contributed by atoms with Gasteiger partial charge < -0.3 is 0 Å². The highest BCUT2D eigenvalue weighted by Crippen LogP contribution is 2.65. The Morgan fingerprint density at radius 2 is 2.17 bits per heavy atom. The topological polar surface area (TPSA) is 0 Å². The molecule has 0 radical (unpaired) electrons. The molecule has 0 saturated heterocycles. The molecule has 3 rings (SSSR count). The van der Waals surface area contributed by atoms with E-state index >= 15 is 0 Å². The number of rotatable bonds is 1. The van der Waals surface area contributed by atoms with Gasteiger partial charge in [-0.1, -0.05) is 6.42 Å². The largest absolute Gasteiger partial charge is 0.179 e. The van der Waals surface area contributed by atoms with Crippen LogP contribution in [0.1, 0.15) is 38.5 Å². The van der Waals surface area contributed by atoms with Gasteiger partial charge in [0.2, 0.25) is 0 Å². The highest BCUT2D eigenvalue weighted by molar-refractivity contribution is 7.80. The fourth-order valence-electron chi connectivity index (χ4n) is 4.48. The van der Waals surface area contributed by atoms with Crippen LogP contribution in [0.3, 0.4) is 0 Å². The van der Waals surface area contributed by atoms with Crippen molar-refractivity contribution in [2.75, 3.05) is 5.75 Å². The maximum absolute atomic E-state index is 4.59. The first-order valence-electron chi connectivity index (χ1n) is 5.47. The molecular formula is C11H18S. The smallest absolute Gasteiger partial charge is 0.00383 e. The molecule has 4 atom stereocenters. The van der Waals surface area contributed by atoms with E-state index in [1.54, 1.807) is 6.42 Å². The third-order valence-corrected chi connectivity index (χ3v) is 5.59. The number of thiol groups is 1. The predicted octanol–water partition coefficient (Wildman–Crippen LogP) is 3.13. The van der Waals surface area contributed by atoms with E-state index in [0.717, 1.165) is 23.2 Å². The highest BCUT2D eigenvalue weighted by Gasteiger charge is 2.57. The molecule has 0 aromatic rings. The van der Waals surface area contributed by atoms with Gasteiger partial charge in [0.05, 0.1) is 0 Å². The van der Waals surface area contributed by atoms with E-state index in [1.165, 1.54) is 37.9 Å². The lowest BCUT2D eigenvalue weighted by Gasteiger charge is -2.34. The Balaban J connectivity index is 1.95. The van der Waals surface area contributed by atoms with Gasteiger partial charge in [0, 0.05) is 0 Å². The zero-order valence-corrected chi connectivity index (χ0v) is 8.52. The van der Waals surface area contributed by atoms with Gasteiger partial charge in [0.25, 0.3) is 0 Å². The van der Waals surface area contributed by atoms with Crippen LogP contribution >= 0.6 is 12.6 Å². The standard InChI is InChI=1S/C11H18S/c12-7-11-5-4-8(6-11)9-2-1-3-10(9)11/h8-10,12H,1-7H2. The van der Waals surface area contributed by atoms with Crippen LogP contribution in [-0.2, 0) is 0 Å². The molecule has 12 heavy (non-hydrogen) atoms. The Bertz CT molecular complexity index is 201. The Labute approximate surface area is 80.5 Å². The fourth-order valence-corrected chi connectivity index (χ4v) is 5.00. The Kier molecular flexibility index (Phi) is 1.57. The maximum Gasteiger partial charge on any atom is -0.00383 e.